The molecule has 1 fully saturated rings. The number of halogens is 1. The van der Waals surface area contributed by atoms with E-state index in [9.17, 15) is 4.79 Å². The fourth-order valence-corrected chi connectivity index (χ4v) is 2.98. The smallest absolute Gasteiger partial charge is 0.253 e. The molecule has 0 N–H and O–H groups in total. The Labute approximate surface area is 141 Å². The summed E-state index contributed by atoms with van der Waals surface area (Å²) >= 11 is 5.89. The molecular formula is C17H21ClN4O. The van der Waals surface area contributed by atoms with Crippen molar-refractivity contribution < 1.29 is 4.79 Å². The lowest BCUT2D eigenvalue weighted by atomic mass is 10.2. The van der Waals surface area contributed by atoms with Gasteiger partial charge in [-0.25, -0.2) is 0 Å². The molecule has 0 aliphatic carbocycles. The summed E-state index contributed by atoms with van der Waals surface area (Å²) in [6.45, 7) is 5.34. The van der Waals surface area contributed by atoms with Crippen molar-refractivity contribution in [3.05, 3.63) is 53.3 Å². The lowest BCUT2D eigenvalue weighted by Crippen LogP contribution is -2.36. The predicted octanol–water partition coefficient (Wildman–Crippen LogP) is 2.38. The van der Waals surface area contributed by atoms with Crippen LogP contribution < -0.4 is 0 Å². The monoisotopic (exact) mass is 332 g/mol. The quantitative estimate of drug-likeness (QED) is 0.863. The van der Waals surface area contributed by atoms with E-state index in [1.165, 1.54) is 0 Å². The van der Waals surface area contributed by atoms with Crippen molar-refractivity contribution in [1.29, 1.82) is 0 Å². The van der Waals surface area contributed by atoms with Crippen LogP contribution in [-0.2, 0) is 6.54 Å². The summed E-state index contributed by atoms with van der Waals surface area (Å²) in [6.07, 6.45) is 4.78. The second-order valence-corrected chi connectivity index (χ2v) is 6.20. The number of rotatable bonds is 4. The van der Waals surface area contributed by atoms with Crippen molar-refractivity contribution in [3.63, 3.8) is 0 Å². The first-order chi connectivity index (χ1) is 11.2. The topological polar surface area (TPSA) is 41.4 Å². The molecule has 0 bridgehead atoms. The zero-order chi connectivity index (χ0) is 16.1. The molecule has 1 aromatic carbocycles. The Morgan fingerprint density at radius 1 is 1.09 bits per heavy atom. The van der Waals surface area contributed by atoms with Crippen LogP contribution in [0.5, 0.6) is 0 Å². The van der Waals surface area contributed by atoms with Gasteiger partial charge >= 0.3 is 0 Å². The highest BCUT2D eigenvalue weighted by Gasteiger charge is 2.20. The molecule has 23 heavy (non-hydrogen) atoms. The first-order valence-electron chi connectivity index (χ1n) is 7.97. The zero-order valence-electron chi connectivity index (χ0n) is 13.1. The Hall–Kier alpha value is -1.85. The first kappa shape index (κ1) is 16.0. The highest BCUT2D eigenvalue weighted by Crippen LogP contribution is 2.13. The molecule has 2 heterocycles. The van der Waals surface area contributed by atoms with E-state index in [2.05, 4.69) is 10.00 Å². The second kappa shape index (κ2) is 7.62. The number of benzene rings is 1. The summed E-state index contributed by atoms with van der Waals surface area (Å²) in [5.41, 5.74) is 0.708. The molecule has 122 valence electrons. The number of hydrogen-bond donors (Lipinski definition) is 0. The summed E-state index contributed by atoms with van der Waals surface area (Å²) < 4.78 is 1.95. The van der Waals surface area contributed by atoms with Gasteiger partial charge in [-0.05, 0) is 43.3 Å². The van der Waals surface area contributed by atoms with Gasteiger partial charge in [0.2, 0.25) is 0 Å². The highest BCUT2D eigenvalue weighted by atomic mass is 35.5. The second-order valence-electron chi connectivity index (χ2n) is 5.76. The average Bonchev–Trinajstić information content (AvgIpc) is 2.97. The lowest BCUT2D eigenvalue weighted by molar-refractivity contribution is 0.0761. The average molecular weight is 333 g/mol. The number of carbonyl (C=O) groups is 1. The molecule has 0 saturated carbocycles. The van der Waals surface area contributed by atoms with Crippen molar-refractivity contribution in [2.45, 2.75) is 13.0 Å². The fourth-order valence-electron chi connectivity index (χ4n) is 2.85. The molecule has 1 aliphatic heterocycles. The number of amides is 1. The van der Waals surface area contributed by atoms with E-state index in [4.69, 9.17) is 11.6 Å². The molecule has 0 spiro atoms. The van der Waals surface area contributed by atoms with Crippen LogP contribution in [0.2, 0.25) is 5.02 Å². The van der Waals surface area contributed by atoms with Gasteiger partial charge in [0, 0.05) is 49.2 Å². The molecule has 1 aromatic heterocycles. The van der Waals surface area contributed by atoms with Crippen LogP contribution in [0.3, 0.4) is 0 Å². The van der Waals surface area contributed by atoms with Gasteiger partial charge in [0.25, 0.3) is 5.91 Å². The van der Waals surface area contributed by atoms with Crippen molar-refractivity contribution in [2.75, 3.05) is 32.7 Å². The van der Waals surface area contributed by atoms with Gasteiger partial charge in [-0.1, -0.05) is 11.6 Å². The van der Waals surface area contributed by atoms with E-state index < -0.39 is 0 Å². The van der Waals surface area contributed by atoms with Gasteiger partial charge < -0.3 is 4.90 Å². The predicted molar refractivity (Wildman–Crippen MR) is 90.6 cm³/mol. The molecule has 1 amide bonds. The standard InChI is InChI=1S/C17H21ClN4O/c18-16-5-3-15(4-6-16)17(23)21-9-2-8-20(11-13-21)12-14-22-10-1-7-19-22/h1,3-7,10H,2,8-9,11-14H2. The fraction of sp³-hybridized carbons (Fsp3) is 0.412. The summed E-state index contributed by atoms with van der Waals surface area (Å²) in [4.78, 5) is 16.9. The first-order valence-corrected chi connectivity index (χ1v) is 8.35. The van der Waals surface area contributed by atoms with Crippen molar-refractivity contribution in [1.82, 2.24) is 19.6 Å². The summed E-state index contributed by atoms with van der Waals surface area (Å²) in [5, 5.41) is 4.88. The zero-order valence-corrected chi connectivity index (χ0v) is 13.8. The van der Waals surface area contributed by atoms with E-state index in [-0.39, 0.29) is 5.91 Å². The van der Waals surface area contributed by atoms with Crippen molar-refractivity contribution in [3.8, 4) is 0 Å². The Bertz CT molecular complexity index is 627. The van der Waals surface area contributed by atoms with Gasteiger partial charge in [0.1, 0.15) is 0 Å². The van der Waals surface area contributed by atoms with Gasteiger partial charge in [0.05, 0.1) is 6.54 Å². The Kier molecular flexibility index (Phi) is 5.31. The van der Waals surface area contributed by atoms with Crippen LogP contribution >= 0.6 is 11.6 Å². The van der Waals surface area contributed by atoms with Crippen LogP contribution in [-0.4, -0.2) is 58.2 Å². The molecule has 1 aliphatic rings. The van der Waals surface area contributed by atoms with E-state index in [0.717, 1.165) is 45.7 Å². The van der Waals surface area contributed by atoms with Gasteiger partial charge in [-0.15, -0.1) is 0 Å². The number of aromatic nitrogens is 2. The molecule has 0 radical (unpaired) electrons. The maximum Gasteiger partial charge on any atom is 0.253 e. The summed E-state index contributed by atoms with van der Waals surface area (Å²) in [7, 11) is 0. The molecule has 5 nitrogen and oxygen atoms in total. The van der Waals surface area contributed by atoms with Gasteiger partial charge in [0.15, 0.2) is 0 Å². The van der Waals surface area contributed by atoms with Crippen molar-refractivity contribution in [2.24, 2.45) is 0 Å². The van der Waals surface area contributed by atoms with Crippen LogP contribution in [0.15, 0.2) is 42.7 Å². The van der Waals surface area contributed by atoms with E-state index in [0.29, 0.717) is 10.6 Å². The molecule has 6 heteroatoms. The minimum absolute atomic E-state index is 0.0931. The third kappa shape index (κ3) is 4.33. The van der Waals surface area contributed by atoms with Crippen LogP contribution in [0.1, 0.15) is 16.8 Å². The van der Waals surface area contributed by atoms with E-state index in [1.807, 2.05) is 21.8 Å². The normalized spacial score (nSPS) is 16.3. The number of carbonyl (C=O) groups excluding carboxylic acids is 1. The molecular weight excluding hydrogens is 312 g/mol. The van der Waals surface area contributed by atoms with Crippen LogP contribution in [0.4, 0.5) is 0 Å². The lowest BCUT2D eigenvalue weighted by Gasteiger charge is -2.22. The maximum absolute atomic E-state index is 12.6. The molecule has 2 aromatic rings. The Morgan fingerprint density at radius 2 is 1.91 bits per heavy atom. The SMILES string of the molecule is O=C(c1ccc(Cl)cc1)N1CCCN(CCn2cccn2)CC1. The van der Waals surface area contributed by atoms with Crippen LogP contribution in [0, 0.1) is 0 Å². The van der Waals surface area contributed by atoms with Crippen molar-refractivity contribution >= 4 is 17.5 Å². The highest BCUT2D eigenvalue weighted by molar-refractivity contribution is 6.30. The largest absolute Gasteiger partial charge is 0.337 e. The van der Waals surface area contributed by atoms with Crippen LogP contribution in [0.25, 0.3) is 0 Å². The third-order valence-electron chi connectivity index (χ3n) is 4.17. The molecule has 1 saturated heterocycles. The van der Waals surface area contributed by atoms with Gasteiger partial charge in [-0.2, -0.15) is 5.10 Å². The minimum Gasteiger partial charge on any atom is -0.337 e. The molecule has 0 unspecified atom stereocenters. The third-order valence-corrected chi connectivity index (χ3v) is 4.42. The number of nitrogens with zero attached hydrogens (tertiary/aromatic N) is 4. The van der Waals surface area contributed by atoms with Gasteiger partial charge in [-0.3, -0.25) is 14.4 Å². The summed E-state index contributed by atoms with van der Waals surface area (Å²) in [5.74, 6) is 0.0931. The van der Waals surface area contributed by atoms with E-state index in [1.54, 1.807) is 30.5 Å². The molecule has 0 atom stereocenters. The minimum atomic E-state index is 0.0931. The maximum atomic E-state index is 12.6. The Balaban J connectivity index is 1.53. The van der Waals surface area contributed by atoms with E-state index >= 15 is 0 Å². The summed E-state index contributed by atoms with van der Waals surface area (Å²) in [6, 6.07) is 9.07. The molecule has 3 rings (SSSR count). The Morgan fingerprint density at radius 3 is 2.65 bits per heavy atom. The number of hydrogen-bond acceptors (Lipinski definition) is 3.